The van der Waals surface area contributed by atoms with Gasteiger partial charge in [-0.15, -0.1) is 5.10 Å². The second-order valence-corrected chi connectivity index (χ2v) is 3.39. The van der Waals surface area contributed by atoms with Crippen LogP contribution in [0.5, 0.6) is 0 Å². The van der Waals surface area contributed by atoms with Crippen LogP contribution in [0, 0.1) is 5.92 Å². The molecule has 1 heterocycles. The van der Waals surface area contributed by atoms with Gasteiger partial charge in [-0.25, -0.2) is 4.68 Å². The zero-order valence-electron chi connectivity index (χ0n) is 7.34. The Morgan fingerprint density at radius 1 is 1.77 bits per heavy atom. The molecule has 1 saturated carbocycles. The summed E-state index contributed by atoms with van der Waals surface area (Å²) in [5.74, 6) is -0.114. The summed E-state index contributed by atoms with van der Waals surface area (Å²) in [5.41, 5.74) is 0.374. The van der Waals surface area contributed by atoms with Crippen LogP contribution in [0.1, 0.15) is 23.3 Å². The molecule has 2 rings (SSSR count). The molecule has 1 N–H and O–H groups in total. The van der Waals surface area contributed by atoms with E-state index in [4.69, 9.17) is 0 Å². The number of carbonyl (C=O) groups is 1. The molecule has 70 valence electrons. The van der Waals surface area contributed by atoms with Crippen LogP contribution in [0.4, 0.5) is 0 Å². The van der Waals surface area contributed by atoms with E-state index in [9.17, 15) is 9.90 Å². The normalized spacial score (nSPS) is 18.6. The number of ketones is 1. The predicted octanol–water partition coefficient (Wildman–Crippen LogP) is -0.231. The molecule has 1 atom stereocenters. The molecule has 1 aliphatic rings. The number of aryl methyl sites for hydroxylation is 1. The van der Waals surface area contributed by atoms with Crippen LogP contribution in [0.2, 0.25) is 0 Å². The van der Waals surface area contributed by atoms with Gasteiger partial charge in [-0.1, -0.05) is 5.21 Å². The van der Waals surface area contributed by atoms with Gasteiger partial charge in [-0.3, -0.25) is 4.79 Å². The van der Waals surface area contributed by atoms with Crippen molar-refractivity contribution in [3.63, 3.8) is 0 Å². The van der Waals surface area contributed by atoms with Gasteiger partial charge in [-0.05, 0) is 18.8 Å². The first-order valence-corrected chi connectivity index (χ1v) is 4.27. The van der Waals surface area contributed by atoms with Gasteiger partial charge in [0.25, 0.3) is 0 Å². The smallest absolute Gasteiger partial charge is 0.211 e. The third-order valence-electron chi connectivity index (χ3n) is 2.30. The van der Waals surface area contributed by atoms with E-state index in [2.05, 4.69) is 10.3 Å². The van der Waals surface area contributed by atoms with Crippen molar-refractivity contribution in [2.75, 3.05) is 0 Å². The fraction of sp³-hybridized carbons (Fsp3) is 0.625. The number of aliphatic hydroxyl groups excluding tert-OH is 1. The predicted molar refractivity (Wildman–Crippen MR) is 44.1 cm³/mol. The van der Waals surface area contributed by atoms with E-state index < -0.39 is 6.10 Å². The molecule has 0 saturated heterocycles. The molecule has 1 aliphatic carbocycles. The summed E-state index contributed by atoms with van der Waals surface area (Å²) in [5, 5.41) is 16.8. The first-order valence-electron chi connectivity index (χ1n) is 4.27. The molecular weight excluding hydrogens is 170 g/mol. The van der Waals surface area contributed by atoms with Gasteiger partial charge in [0.1, 0.15) is 11.8 Å². The third kappa shape index (κ3) is 1.47. The maximum absolute atomic E-state index is 11.6. The maximum atomic E-state index is 11.6. The SMILES string of the molecule is Cn1nncc1C(=O)C(O)C1CC1. The number of carbonyl (C=O) groups excluding carboxylic acids is 1. The second kappa shape index (κ2) is 2.92. The molecule has 13 heavy (non-hydrogen) atoms. The van der Waals surface area contributed by atoms with Crippen molar-refractivity contribution in [2.24, 2.45) is 13.0 Å². The van der Waals surface area contributed by atoms with Gasteiger partial charge >= 0.3 is 0 Å². The summed E-state index contributed by atoms with van der Waals surface area (Å²) in [7, 11) is 1.64. The van der Waals surface area contributed by atoms with Crippen LogP contribution < -0.4 is 0 Å². The highest BCUT2D eigenvalue weighted by Gasteiger charge is 2.36. The van der Waals surface area contributed by atoms with Crippen LogP contribution in [0.25, 0.3) is 0 Å². The summed E-state index contributed by atoms with van der Waals surface area (Å²) in [6.07, 6.45) is 2.40. The van der Waals surface area contributed by atoms with Crippen molar-refractivity contribution in [2.45, 2.75) is 18.9 Å². The van der Waals surface area contributed by atoms with Crippen LogP contribution in [-0.2, 0) is 7.05 Å². The largest absolute Gasteiger partial charge is 0.385 e. The lowest BCUT2D eigenvalue weighted by Gasteiger charge is -2.06. The molecule has 1 aromatic rings. The third-order valence-corrected chi connectivity index (χ3v) is 2.30. The van der Waals surface area contributed by atoms with Crippen LogP contribution >= 0.6 is 0 Å². The van der Waals surface area contributed by atoms with Crippen molar-refractivity contribution >= 4 is 5.78 Å². The Bertz CT molecular complexity index is 330. The minimum atomic E-state index is -0.864. The van der Waals surface area contributed by atoms with Crippen molar-refractivity contribution < 1.29 is 9.90 Å². The first kappa shape index (κ1) is 8.37. The fourth-order valence-electron chi connectivity index (χ4n) is 1.29. The van der Waals surface area contributed by atoms with E-state index in [-0.39, 0.29) is 11.7 Å². The highest BCUT2D eigenvalue weighted by atomic mass is 16.3. The Morgan fingerprint density at radius 2 is 2.46 bits per heavy atom. The highest BCUT2D eigenvalue weighted by Crippen LogP contribution is 2.33. The molecule has 5 nitrogen and oxygen atoms in total. The molecule has 0 bridgehead atoms. The molecule has 1 aromatic heterocycles. The number of nitrogens with zero attached hydrogens (tertiary/aromatic N) is 3. The van der Waals surface area contributed by atoms with Gasteiger partial charge in [0, 0.05) is 7.05 Å². The number of aromatic nitrogens is 3. The van der Waals surface area contributed by atoms with Gasteiger partial charge in [0.2, 0.25) is 5.78 Å². The maximum Gasteiger partial charge on any atom is 0.211 e. The summed E-state index contributed by atoms with van der Waals surface area (Å²) in [6, 6.07) is 0. The van der Waals surface area contributed by atoms with E-state index in [0.29, 0.717) is 5.69 Å². The van der Waals surface area contributed by atoms with Crippen molar-refractivity contribution in [3.8, 4) is 0 Å². The summed E-state index contributed by atoms with van der Waals surface area (Å²) in [6.45, 7) is 0. The lowest BCUT2D eigenvalue weighted by molar-refractivity contribution is 0.0693. The second-order valence-electron chi connectivity index (χ2n) is 3.39. The van der Waals surface area contributed by atoms with Gasteiger partial charge < -0.3 is 5.11 Å². The first-order chi connectivity index (χ1) is 6.20. The molecule has 0 radical (unpaired) electrons. The van der Waals surface area contributed by atoms with Crippen molar-refractivity contribution in [1.29, 1.82) is 0 Å². The Hall–Kier alpha value is -1.23. The minimum absolute atomic E-state index is 0.155. The lowest BCUT2D eigenvalue weighted by Crippen LogP contribution is -2.24. The highest BCUT2D eigenvalue weighted by molar-refractivity contribution is 5.97. The zero-order chi connectivity index (χ0) is 9.42. The van der Waals surface area contributed by atoms with E-state index in [1.165, 1.54) is 10.9 Å². The topological polar surface area (TPSA) is 68.0 Å². The Labute approximate surface area is 75.4 Å². The molecule has 1 unspecified atom stereocenters. The molecule has 5 heteroatoms. The standard InChI is InChI=1S/C8H11N3O2/c1-11-6(4-9-10-11)8(13)7(12)5-2-3-5/h4-5,7,12H,2-3H2,1H3. The molecular formula is C8H11N3O2. The van der Waals surface area contributed by atoms with E-state index in [1.807, 2.05) is 0 Å². The fourth-order valence-corrected chi connectivity index (χ4v) is 1.29. The number of Topliss-reactive ketones (excluding diaryl/α,β-unsaturated/α-hetero) is 1. The molecule has 1 fully saturated rings. The van der Waals surface area contributed by atoms with Gasteiger partial charge in [0.15, 0.2) is 0 Å². The van der Waals surface area contributed by atoms with Crippen molar-refractivity contribution in [3.05, 3.63) is 11.9 Å². The molecule has 0 spiro atoms. The van der Waals surface area contributed by atoms with Crippen LogP contribution in [0.15, 0.2) is 6.20 Å². The van der Waals surface area contributed by atoms with E-state index in [1.54, 1.807) is 7.05 Å². The van der Waals surface area contributed by atoms with Crippen LogP contribution in [-0.4, -0.2) is 32.0 Å². The average Bonchev–Trinajstić information content (AvgIpc) is 2.87. The zero-order valence-corrected chi connectivity index (χ0v) is 7.34. The number of hydrogen-bond donors (Lipinski definition) is 1. The van der Waals surface area contributed by atoms with Gasteiger partial charge in [-0.2, -0.15) is 0 Å². The van der Waals surface area contributed by atoms with E-state index in [0.717, 1.165) is 12.8 Å². The molecule has 0 aromatic carbocycles. The number of hydrogen-bond acceptors (Lipinski definition) is 4. The van der Waals surface area contributed by atoms with Gasteiger partial charge in [0.05, 0.1) is 6.20 Å². The number of rotatable bonds is 3. The Kier molecular flexibility index (Phi) is 1.88. The Balaban J connectivity index is 2.16. The Morgan fingerprint density at radius 3 is 2.92 bits per heavy atom. The average molecular weight is 181 g/mol. The minimum Gasteiger partial charge on any atom is -0.385 e. The monoisotopic (exact) mass is 181 g/mol. The van der Waals surface area contributed by atoms with Crippen LogP contribution in [0.3, 0.4) is 0 Å². The van der Waals surface area contributed by atoms with E-state index >= 15 is 0 Å². The molecule has 0 aliphatic heterocycles. The van der Waals surface area contributed by atoms with Crippen molar-refractivity contribution in [1.82, 2.24) is 15.0 Å². The molecule has 0 amide bonds. The summed E-state index contributed by atoms with van der Waals surface area (Å²) >= 11 is 0. The number of aliphatic hydroxyl groups is 1. The lowest BCUT2D eigenvalue weighted by atomic mass is 10.1. The summed E-state index contributed by atoms with van der Waals surface area (Å²) < 4.78 is 1.38. The summed E-state index contributed by atoms with van der Waals surface area (Å²) in [4.78, 5) is 11.6. The quantitative estimate of drug-likeness (QED) is 0.654.